The molecule has 0 unspecified atom stereocenters. The van der Waals surface area contributed by atoms with Crippen LogP contribution in [0.3, 0.4) is 0 Å². The van der Waals surface area contributed by atoms with E-state index in [0.717, 1.165) is 42.0 Å². The molecular weight excluding hydrogens is 464 g/mol. The van der Waals surface area contributed by atoms with Crippen molar-refractivity contribution < 1.29 is 14.3 Å². The molecule has 1 aliphatic rings. The number of benzene rings is 3. The maximum atomic E-state index is 13.2. The van der Waals surface area contributed by atoms with Crippen molar-refractivity contribution in [2.24, 2.45) is 0 Å². The Morgan fingerprint density at radius 1 is 0.919 bits per heavy atom. The maximum absolute atomic E-state index is 13.2. The van der Waals surface area contributed by atoms with E-state index in [9.17, 15) is 9.59 Å². The Bertz CT molecular complexity index is 1280. The van der Waals surface area contributed by atoms with Gasteiger partial charge in [-0.3, -0.25) is 4.79 Å². The molecule has 0 saturated carbocycles. The Kier molecular flexibility index (Phi) is 8.25. The highest BCUT2D eigenvalue weighted by atomic mass is 16.5. The van der Waals surface area contributed by atoms with Crippen LogP contribution in [0.4, 0.5) is 17.1 Å². The first kappa shape index (κ1) is 26.0. The van der Waals surface area contributed by atoms with E-state index in [1.807, 2.05) is 42.5 Å². The third-order valence-corrected chi connectivity index (χ3v) is 6.26. The Hall–Kier alpha value is -4.10. The maximum Gasteiger partial charge on any atom is 0.338 e. The predicted octanol–water partition coefficient (Wildman–Crippen LogP) is 5.18. The van der Waals surface area contributed by atoms with Gasteiger partial charge in [-0.1, -0.05) is 36.4 Å². The molecule has 0 bridgehead atoms. The molecule has 0 aliphatic carbocycles. The number of rotatable bonds is 10. The fraction of sp³-hybridized carbons (Fsp3) is 0.267. The summed E-state index contributed by atoms with van der Waals surface area (Å²) in [5, 5.41) is 6.41. The second kappa shape index (κ2) is 11.8. The van der Waals surface area contributed by atoms with E-state index < -0.39 is 5.97 Å². The lowest BCUT2D eigenvalue weighted by Crippen LogP contribution is -2.23. The standard InChI is InChI=1S/C30H34N4O3/c1-5-37-30(36)22-12-17-25-26(20-22)32-29(35)27(25)28(21-10-7-6-8-11-21)31-23-13-15-24(16-14-23)34(4)19-9-18-33(2)3/h6-8,10-17,20,31H,5,9,18-19H2,1-4H3,(H,32,35)/b28-27-. The molecule has 0 saturated heterocycles. The highest BCUT2D eigenvalue weighted by molar-refractivity contribution is 6.37. The number of anilines is 3. The van der Waals surface area contributed by atoms with Gasteiger partial charge in [0.2, 0.25) is 0 Å². The predicted molar refractivity (Wildman–Crippen MR) is 151 cm³/mol. The molecule has 1 aliphatic heterocycles. The largest absolute Gasteiger partial charge is 0.462 e. The van der Waals surface area contributed by atoms with E-state index in [-0.39, 0.29) is 5.91 Å². The number of amides is 1. The number of fused-ring (bicyclic) bond motifs is 1. The lowest BCUT2D eigenvalue weighted by atomic mass is 9.99. The monoisotopic (exact) mass is 498 g/mol. The minimum Gasteiger partial charge on any atom is -0.462 e. The molecule has 0 fully saturated rings. The molecule has 1 heterocycles. The van der Waals surface area contributed by atoms with Crippen molar-refractivity contribution in [1.29, 1.82) is 0 Å². The van der Waals surface area contributed by atoms with Gasteiger partial charge in [0.15, 0.2) is 0 Å². The van der Waals surface area contributed by atoms with Crippen LogP contribution < -0.4 is 15.5 Å². The third-order valence-electron chi connectivity index (χ3n) is 6.26. The molecule has 0 atom stereocenters. The van der Waals surface area contributed by atoms with Crippen molar-refractivity contribution in [1.82, 2.24) is 4.90 Å². The van der Waals surface area contributed by atoms with E-state index in [4.69, 9.17) is 4.74 Å². The minimum absolute atomic E-state index is 0.223. The van der Waals surface area contributed by atoms with E-state index >= 15 is 0 Å². The van der Waals surface area contributed by atoms with Crippen molar-refractivity contribution >= 4 is 40.2 Å². The van der Waals surface area contributed by atoms with Gasteiger partial charge in [0.05, 0.1) is 29.1 Å². The number of ether oxygens (including phenoxy) is 1. The summed E-state index contributed by atoms with van der Waals surface area (Å²) in [5.41, 5.74) is 5.86. The summed E-state index contributed by atoms with van der Waals surface area (Å²) in [5.74, 6) is -0.634. The average molecular weight is 499 g/mol. The molecule has 4 rings (SSSR count). The third kappa shape index (κ3) is 6.19. The summed E-state index contributed by atoms with van der Waals surface area (Å²) < 4.78 is 5.11. The lowest BCUT2D eigenvalue weighted by Gasteiger charge is -2.21. The second-order valence-electron chi connectivity index (χ2n) is 9.30. The van der Waals surface area contributed by atoms with Crippen molar-refractivity contribution in [3.63, 3.8) is 0 Å². The van der Waals surface area contributed by atoms with Crippen molar-refractivity contribution in [3.8, 4) is 0 Å². The van der Waals surface area contributed by atoms with Crippen molar-refractivity contribution in [2.75, 3.05) is 56.4 Å². The number of nitrogens with zero attached hydrogens (tertiary/aromatic N) is 2. The average Bonchev–Trinajstić information content (AvgIpc) is 3.22. The summed E-state index contributed by atoms with van der Waals surface area (Å²) >= 11 is 0. The molecule has 192 valence electrons. The fourth-order valence-corrected chi connectivity index (χ4v) is 4.34. The summed E-state index contributed by atoms with van der Waals surface area (Å²) in [6.07, 6.45) is 1.08. The zero-order valence-corrected chi connectivity index (χ0v) is 21.9. The summed E-state index contributed by atoms with van der Waals surface area (Å²) in [7, 11) is 6.27. The number of hydrogen-bond acceptors (Lipinski definition) is 6. The van der Waals surface area contributed by atoms with Crippen LogP contribution in [0.15, 0.2) is 72.8 Å². The van der Waals surface area contributed by atoms with E-state index in [2.05, 4.69) is 53.7 Å². The molecule has 0 aromatic heterocycles. The highest BCUT2D eigenvalue weighted by Gasteiger charge is 2.29. The smallest absolute Gasteiger partial charge is 0.338 e. The van der Waals surface area contributed by atoms with E-state index in [1.54, 1.807) is 25.1 Å². The first-order valence-corrected chi connectivity index (χ1v) is 12.5. The zero-order valence-electron chi connectivity index (χ0n) is 21.9. The molecule has 37 heavy (non-hydrogen) atoms. The SMILES string of the molecule is CCOC(=O)c1ccc2c(c1)NC(=O)/C2=C(\Nc1ccc(N(C)CCCN(C)C)cc1)c1ccccc1. The van der Waals surface area contributed by atoms with Gasteiger partial charge in [0, 0.05) is 30.5 Å². The van der Waals surface area contributed by atoms with Crippen LogP contribution in [0, 0.1) is 0 Å². The summed E-state index contributed by atoms with van der Waals surface area (Å²) in [6, 6.07) is 23.2. The Labute approximate surface area is 218 Å². The van der Waals surface area contributed by atoms with Crippen LogP contribution in [-0.4, -0.2) is 57.6 Å². The fourth-order valence-electron chi connectivity index (χ4n) is 4.34. The van der Waals surface area contributed by atoms with Crippen molar-refractivity contribution in [2.45, 2.75) is 13.3 Å². The van der Waals surface area contributed by atoms with Gasteiger partial charge >= 0.3 is 5.97 Å². The van der Waals surface area contributed by atoms with Crippen LogP contribution in [0.5, 0.6) is 0 Å². The number of carbonyl (C=O) groups is 2. The molecule has 2 N–H and O–H groups in total. The van der Waals surface area contributed by atoms with E-state index in [0.29, 0.717) is 29.1 Å². The molecular formula is C30H34N4O3. The topological polar surface area (TPSA) is 73.9 Å². The van der Waals surface area contributed by atoms with Gasteiger partial charge in [-0.05, 0) is 75.9 Å². The van der Waals surface area contributed by atoms with Gasteiger partial charge in [0.25, 0.3) is 5.91 Å². The molecule has 3 aromatic rings. The minimum atomic E-state index is -0.412. The van der Waals surface area contributed by atoms with Gasteiger partial charge < -0.3 is 25.2 Å². The van der Waals surface area contributed by atoms with Crippen LogP contribution >= 0.6 is 0 Å². The number of hydrogen-bond donors (Lipinski definition) is 2. The number of nitrogens with one attached hydrogen (secondary N) is 2. The molecule has 7 heteroatoms. The van der Waals surface area contributed by atoms with Crippen LogP contribution in [-0.2, 0) is 9.53 Å². The van der Waals surface area contributed by atoms with E-state index in [1.165, 1.54) is 0 Å². The molecule has 0 radical (unpaired) electrons. The molecule has 3 aromatic carbocycles. The summed E-state index contributed by atoms with van der Waals surface area (Å²) in [6.45, 7) is 4.07. The Morgan fingerprint density at radius 3 is 2.32 bits per heavy atom. The number of esters is 1. The first-order valence-electron chi connectivity index (χ1n) is 12.5. The normalized spacial score (nSPS) is 13.7. The highest BCUT2D eigenvalue weighted by Crippen LogP contribution is 2.38. The molecule has 0 spiro atoms. The second-order valence-corrected chi connectivity index (χ2v) is 9.30. The zero-order chi connectivity index (χ0) is 26.4. The van der Waals surface area contributed by atoms with Gasteiger partial charge in [-0.15, -0.1) is 0 Å². The summed E-state index contributed by atoms with van der Waals surface area (Å²) in [4.78, 5) is 29.8. The molecule has 1 amide bonds. The van der Waals surface area contributed by atoms with Crippen LogP contribution in [0.2, 0.25) is 0 Å². The Balaban J connectivity index is 1.65. The van der Waals surface area contributed by atoms with Crippen LogP contribution in [0.25, 0.3) is 11.3 Å². The Morgan fingerprint density at radius 2 is 1.65 bits per heavy atom. The van der Waals surface area contributed by atoms with Gasteiger partial charge in [-0.25, -0.2) is 4.79 Å². The lowest BCUT2D eigenvalue weighted by molar-refractivity contribution is -0.110. The molecule has 7 nitrogen and oxygen atoms in total. The van der Waals surface area contributed by atoms with Crippen molar-refractivity contribution in [3.05, 3.63) is 89.5 Å². The van der Waals surface area contributed by atoms with Crippen LogP contribution in [0.1, 0.15) is 34.8 Å². The van der Waals surface area contributed by atoms with Gasteiger partial charge in [0.1, 0.15) is 0 Å². The quantitative estimate of drug-likeness (QED) is 0.296. The first-order chi connectivity index (χ1) is 17.9. The van der Waals surface area contributed by atoms with Gasteiger partial charge in [-0.2, -0.15) is 0 Å². The number of carbonyl (C=O) groups excluding carboxylic acids is 2.